The van der Waals surface area contributed by atoms with Crippen LogP contribution in [0.5, 0.6) is 5.75 Å². The van der Waals surface area contributed by atoms with Gasteiger partial charge in [-0.25, -0.2) is 4.79 Å². The van der Waals surface area contributed by atoms with Gasteiger partial charge >= 0.3 is 6.03 Å². The first-order chi connectivity index (χ1) is 10.6. The highest BCUT2D eigenvalue weighted by atomic mass is 16.5. The van der Waals surface area contributed by atoms with E-state index in [1.807, 2.05) is 29.2 Å². The molecule has 2 atom stereocenters. The van der Waals surface area contributed by atoms with Gasteiger partial charge in [-0.1, -0.05) is 25.1 Å². The summed E-state index contributed by atoms with van der Waals surface area (Å²) >= 11 is 0. The zero-order valence-electron chi connectivity index (χ0n) is 13.4. The van der Waals surface area contributed by atoms with Crippen molar-refractivity contribution in [2.24, 2.45) is 5.92 Å². The van der Waals surface area contributed by atoms with Crippen LogP contribution in [0.3, 0.4) is 0 Å². The average molecular weight is 306 g/mol. The van der Waals surface area contributed by atoms with Crippen molar-refractivity contribution in [2.45, 2.75) is 39.3 Å². The fraction of sp³-hybridized carbons (Fsp3) is 0.588. The second kappa shape index (κ2) is 8.03. The molecule has 1 aromatic carbocycles. The third-order valence-corrected chi connectivity index (χ3v) is 4.15. The number of likely N-dealkylation sites (tertiary alicyclic amines) is 1. The fourth-order valence-electron chi connectivity index (χ4n) is 2.93. The largest absolute Gasteiger partial charge is 0.491 e. The molecule has 5 nitrogen and oxygen atoms in total. The number of piperidine rings is 1. The molecule has 122 valence electrons. The Morgan fingerprint density at radius 3 is 2.91 bits per heavy atom. The van der Waals surface area contributed by atoms with Crippen molar-refractivity contribution in [3.05, 3.63) is 29.8 Å². The number of benzene rings is 1. The van der Waals surface area contributed by atoms with E-state index in [-0.39, 0.29) is 25.3 Å². The Hall–Kier alpha value is -1.75. The van der Waals surface area contributed by atoms with Crippen molar-refractivity contribution in [1.29, 1.82) is 0 Å². The van der Waals surface area contributed by atoms with Crippen molar-refractivity contribution < 1.29 is 14.6 Å². The number of aliphatic hydroxyl groups excluding tert-OH is 1. The predicted molar refractivity (Wildman–Crippen MR) is 85.8 cm³/mol. The zero-order chi connectivity index (χ0) is 15.9. The lowest BCUT2D eigenvalue weighted by Crippen LogP contribution is -2.48. The maximum Gasteiger partial charge on any atom is 0.317 e. The molecule has 0 radical (unpaired) electrons. The number of rotatable bonds is 5. The lowest BCUT2D eigenvalue weighted by atomic mass is 9.94. The maximum atomic E-state index is 12.3. The highest BCUT2D eigenvalue weighted by Crippen LogP contribution is 2.22. The molecule has 1 heterocycles. The summed E-state index contributed by atoms with van der Waals surface area (Å²) in [7, 11) is 0. The van der Waals surface area contributed by atoms with E-state index in [1.165, 1.54) is 0 Å². The van der Waals surface area contributed by atoms with Gasteiger partial charge in [0.2, 0.25) is 0 Å². The Morgan fingerprint density at radius 2 is 2.18 bits per heavy atom. The van der Waals surface area contributed by atoms with Crippen LogP contribution in [-0.4, -0.2) is 41.8 Å². The lowest BCUT2D eigenvalue weighted by Gasteiger charge is -2.36. The molecule has 1 saturated heterocycles. The van der Waals surface area contributed by atoms with Crippen molar-refractivity contribution in [3.63, 3.8) is 0 Å². The summed E-state index contributed by atoms with van der Waals surface area (Å²) < 4.78 is 5.48. The third-order valence-electron chi connectivity index (χ3n) is 4.15. The van der Waals surface area contributed by atoms with Gasteiger partial charge in [0.05, 0.1) is 6.61 Å². The highest BCUT2D eigenvalue weighted by Gasteiger charge is 2.26. The number of hydrogen-bond acceptors (Lipinski definition) is 3. The zero-order valence-corrected chi connectivity index (χ0v) is 13.4. The molecule has 1 aliphatic heterocycles. The van der Waals surface area contributed by atoms with E-state index in [9.17, 15) is 4.79 Å². The molecule has 0 spiro atoms. The summed E-state index contributed by atoms with van der Waals surface area (Å²) in [5.41, 5.74) is 0.919. The molecule has 22 heavy (non-hydrogen) atoms. The summed E-state index contributed by atoms with van der Waals surface area (Å²) in [6.07, 6.45) is 2.12. The van der Waals surface area contributed by atoms with E-state index >= 15 is 0 Å². The number of carbonyl (C=O) groups excluding carboxylic acids is 1. The first-order valence-electron chi connectivity index (χ1n) is 7.98. The van der Waals surface area contributed by atoms with Gasteiger partial charge in [0, 0.05) is 24.7 Å². The highest BCUT2D eigenvalue weighted by molar-refractivity contribution is 5.74. The second-order valence-corrected chi connectivity index (χ2v) is 6.01. The molecular weight excluding hydrogens is 280 g/mol. The number of para-hydroxylation sites is 1. The topological polar surface area (TPSA) is 61.8 Å². The standard InChI is InChI=1S/C17H26N2O3/c1-13-7-8-19(14(2)11-13)17(21)18-12-15-5-3-4-6-16(15)22-10-9-20/h3-6,13-14,20H,7-12H2,1-2H3,(H,18,21). The first-order valence-corrected chi connectivity index (χ1v) is 7.98. The average Bonchev–Trinajstić information content (AvgIpc) is 2.51. The molecule has 0 bridgehead atoms. The Bertz CT molecular complexity index is 493. The van der Waals surface area contributed by atoms with Gasteiger partial charge in [0.1, 0.15) is 12.4 Å². The van der Waals surface area contributed by atoms with Gasteiger partial charge in [0.15, 0.2) is 0 Å². The Balaban J connectivity index is 1.91. The van der Waals surface area contributed by atoms with E-state index in [2.05, 4.69) is 19.2 Å². The maximum absolute atomic E-state index is 12.3. The van der Waals surface area contributed by atoms with E-state index < -0.39 is 0 Å². The van der Waals surface area contributed by atoms with Gasteiger partial charge in [-0.2, -0.15) is 0 Å². The van der Waals surface area contributed by atoms with E-state index in [0.29, 0.717) is 18.2 Å². The summed E-state index contributed by atoms with van der Waals surface area (Å²) in [6, 6.07) is 7.84. The van der Waals surface area contributed by atoms with Gasteiger partial charge in [0.25, 0.3) is 0 Å². The number of ether oxygens (including phenoxy) is 1. The van der Waals surface area contributed by atoms with Crippen LogP contribution in [0.1, 0.15) is 32.3 Å². The number of aliphatic hydroxyl groups is 1. The number of nitrogens with one attached hydrogen (secondary N) is 1. The van der Waals surface area contributed by atoms with Crippen LogP contribution in [0.4, 0.5) is 4.79 Å². The summed E-state index contributed by atoms with van der Waals surface area (Å²) in [5.74, 6) is 1.39. The quantitative estimate of drug-likeness (QED) is 0.878. The molecule has 0 saturated carbocycles. The van der Waals surface area contributed by atoms with Gasteiger partial charge in [-0.15, -0.1) is 0 Å². The minimum atomic E-state index is -0.0236. The minimum Gasteiger partial charge on any atom is -0.491 e. The molecule has 2 unspecified atom stereocenters. The smallest absolute Gasteiger partial charge is 0.317 e. The normalized spacial score (nSPS) is 21.5. The Labute approximate surface area is 132 Å². The fourth-order valence-corrected chi connectivity index (χ4v) is 2.93. The van der Waals surface area contributed by atoms with Crippen molar-refractivity contribution >= 4 is 6.03 Å². The van der Waals surface area contributed by atoms with Crippen molar-refractivity contribution in [3.8, 4) is 5.75 Å². The van der Waals surface area contributed by atoms with Crippen molar-refractivity contribution in [1.82, 2.24) is 10.2 Å². The third kappa shape index (κ3) is 4.37. The molecular formula is C17H26N2O3. The molecule has 5 heteroatoms. The lowest BCUT2D eigenvalue weighted by molar-refractivity contribution is 0.139. The predicted octanol–water partition coefficient (Wildman–Crippen LogP) is 2.39. The second-order valence-electron chi connectivity index (χ2n) is 6.01. The molecule has 2 amide bonds. The summed E-state index contributed by atoms with van der Waals surface area (Å²) in [6.45, 7) is 5.82. The minimum absolute atomic E-state index is 0.0173. The van der Waals surface area contributed by atoms with Gasteiger partial charge < -0.3 is 20.1 Å². The number of amides is 2. The van der Waals surface area contributed by atoms with Crippen LogP contribution >= 0.6 is 0 Å². The van der Waals surface area contributed by atoms with E-state index in [4.69, 9.17) is 9.84 Å². The van der Waals surface area contributed by atoms with Crippen LogP contribution in [0.25, 0.3) is 0 Å². The molecule has 2 rings (SSSR count). The monoisotopic (exact) mass is 306 g/mol. The molecule has 0 aromatic heterocycles. The number of carbonyl (C=O) groups is 1. The first kappa shape index (κ1) is 16.6. The van der Waals surface area contributed by atoms with Gasteiger partial charge in [-0.05, 0) is 31.7 Å². The van der Waals surface area contributed by atoms with Crippen molar-refractivity contribution in [2.75, 3.05) is 19.8 Å². The molecule has 2 N–H and O–H groups in total. The molecule has 1 fully saturated rings. The summed E-state index contributed by atoms with van der Waals surface area (Å²) in [5, 5.41) is 11.8. The van der Waals surface area contributed by atoms with E-state index in [0.717, 1.165) is 24.9 Å². The SMILES string of the molecule is CC1CCN(C(=O)NCc2ccccc2OCCO)C(C)C1. The molecule has 1 aliphatic rings. The molecule has 0 aliphatic carbocycles. The van der Waals surface area contributed by atoms with Crippen LogP contribution < -0.4 is 10.1 Å². The summed E-state index contributed by atoms with van der Waals surface area (Å²) in [4.78, 5) is 14.3. The number of urea groups is 1. The van der Waals surface area contributed by atoms with E-state index in [1.54, 1.807) is 0 Å². The Kier molecular flexibility index (Phi) is 6.07. The number of nitrogens with zero attached hydrogens (tertiary/aromatic N) is 1. The number of hydrogen-bond donors (Lipinski definition) is 2. The molecule has 1 aromatic rings. The van der Waals surface area contributed by atoms with Crippen LogP contribution in [0.2, 0.25) is 0 Å². The Morgan fingerprint density at radius 1 is 1.41 bits per heavy atom. The van der Waals surface area contributed by atoms with Crippen LogP contribution in [0.15, 0.2) is 24.3 Å². The van der Waals surface area contributed by atoms with Gasteiger partial charge in [-0.3, -0.25) is 0 Å². The van der Waals surface area contributed by atoms with Crippen LogP contribution in [0, 0.1) is 5.92 Å². The van der Waals surface area contributed by atoms with Crippen LogP contribution in [-0.2, 0) is 6.54 Å².